The summed E-state index contributed by atoms with van der Waals surface area (Å²) in [6.07, 6.45) is 0.811. The summed E-state index contributed by atoms with van der Waals surface area (Å²) in [4.78, 5) is 0. The summed E-state index contributed by atoms with van der Waals surface area (Å²) in [7, 11) is 0. The summed E-state index contributed by atoms with van der Waals surface area (Å²) in [5, 5.41) is 0.497. The Morgan fingerprint density at radius 2 is 2.27 bits per heavy atom. The molecule has 0 bridgehead atoms. The lowest BCUT2D eigenvalue weighted by atomic mass is 10.1. The highest BCUT2D eigenvalue weighted by Gasteiger charge is 2.06. The van der Waals surface area contributed by atoms with Crippen molar-refractivity contribution in [2.24, 2.45) is 5.73 Å². The van der Waals surface area contributed by atoms with Gasteiger partial charge >= 0.3 is 0 Å². The molecule has 1 aromatic carbocycles. The van der Waals surface area contributed by atoms with Gasteiger partial charge < -0.3 is 10.5 Å². The summed E-state index contributed by atoms with van der Waals surface area (Å²) >= 11 is 5.67. The Balaban J connectivity index is 2.86. The van der Waals surface area contributed by atoms with Crippen LogP contribution in [0.5, 0.6) is 5.75 Å². The molecule has 0 unspecified atom stereocenters. The SMILES string of the molecule is C=C(Cl)COc1c(C)cccc1CCN. The minimum atomic E-state index is 0.337. The Labute approximate surface area is 95.7 Å². The molecule has 0 saturated carbocycles. The lowest BCUT2D eigenvalue weighted by molar-refractivity contribution is 0.353. The van der Waals surface area contributed by atoms with Crippen molar-refractivity contribution in [3.05, 3.63) is 40.9 Å². The number of hydrogen-bond donors (Lipinski definition) is 1. The van der Waals surface area contributed by atoms with E-state index >= 15 is 0 Å². The second-order valence-corrected chi connectivity index (χ2v) is 3.94. The van der Waals surface area contributed by atoms with E-state index in [2.05, 4.69) is 6.58 Å². The van der Waals surface area contributed by atoms with Crippen LogP contribution in [0, 0.1) is 6.92 Å². The van der Waals surface area contributed by atoms with E-state index in [1.165, 1.54) is 0 Å². The number of halogens is 1. The number of aryl methyl sites for hydroxylation is 1. The van der Waals surface area contributed by atoms with Crippen LogP contribution in [0.3, 0.4) is 0 Å². The monoisotopic (exact) mass is 225 g/mol. The predicted molar refractivity (Wildman–Crippen MR) is 64.4 cm³/mol. The number of rotatable bonds is 5. The number of ether oxygens (including phenoxy) is 1. The van der Waals surface area contributed by atoms with E-state index in [1.54, 1.807) is 0 Å². The van der Waals surface area contributed by atoms with Crippen molar-refractivity contribution in [1.82, 2.24) is 0 Å². The smallest absolute Gasteiger partial charge is 0.125 e. The van der Waals surface area contributed by atoms with Gasteiger partial charge in [-0.05, 0) is 31.0 Å². The average Bonchev–Trinajstić information content (AvgIpc) is 2.17. The molecule has 1 aromatic rings. The van der Waals surface area contributed by atoms with Crippen LogP contribution in [0.25, 0.3) is 0 Å². The summed E-state index contributed by atoms with van der Waals surface area (Å²) in [5.74, 6) is 0.879. The van der Waals surface area contributed by atoms with Gasteiger partial charge in [0, 0.05) is 5.03 Å². The van der Waals surface area contributed by atoms with Crippen molar-refractivity contribution in [3.8, 4) is 5.75 Å². The van der Waals surface area contributed by atoms with Crippen molar-refractivity contribution in [2.75, 3.05) is 13.2 Å². The maximum absolute atomic E-state index is 5.67. The third kappa shape index (κ3) is 3.57. The van der Waals surface area contributed by atoms with E-state index in [9.17, 15) is 0 Å². The van der Waals surface area contributed by atoms with Crippen molar-refractivity contribution in [3.63, 3.8) is 0 Å². The molecule has 2 nitrogen and oxygen atoms in total. The summed E-state index contributed by atoms with van der Waals surface area (Å²) in [6.45, 7) is 6.55. The zero-order valence-electron chi connectivity index (χ0n) is 8.92. The van der Waals surface area contributed by atoms with Crippen LogP contribution in [-0.2, 0) is 6.42 Å². The molecule has 0 aliphatic heterocycles. The first-order chi connectivity index (χ1) is 7.15. The van der Waals surface area contributed by atoms with Crippen molar-refractivity contribution in [2.45, 2.75) is 13.3 Å². The van der Waals surface area contributed by atoms with Crippen molar-refractivity contribution < 1.29 is 4.74 Å². The van der Waals surface area contributed by atoms with Gasteiger partial charge in [-0.25, -0.2) is 0 Å². The van der Waals surface area contributed by atoms with Crippen LogP contribution >= 0.6 is 11.6 Å². The molecule has 0 aliphatic rings. The third-order valence-electron chi connectivity index (χ3n) is 2.08. The third-order valence-corrected chi connectivity index (χ3v) is 2.19. The fraction of sp³-hybridized carbons (Fsp3) is 0.333. The second-order valence-electron chi connectivity index (χ2n) is 3.41. The lowest BCUT2D eigenvalue weighted by Gasteiger charge is -2.13. The van der Waals surface area contributed by atoms with Crippen molar-refractivity contribution >= 4 is 11.6 Å². The second kappa shape index (κ2) is 5.79. The largest absolute Gasteiger partial charge is 0.487 e. The van der Waals surface area contributed by atoms with E-state index in [0.717, 1.165) is 23.3 Å². The van der Waals surface area contributed by atoms with Crippen LogP contribution in [0.1, 0.15) is 11.1 Å². The molecular weight excluding hydrogens is 210 g/mol. The van der Waals surface area contributed by atoms with Gasteiger partial charge in [0.15, 0.2) is 0 Å². The highest BCUT2D eigenvalue weighted by atomic mass is 35.5. The first-order valence-electron chi connectivity index (χ1n) is 4.89. The molecule has 0 fully saturated rings. The number of hydrogen-bond acceptors (Lipinski definition) is 2. The van der Waals surface area contributed by atoms with Crippen LogP contribution in [0.2, 0.25) is 0 Å². The number of para-hydroxylation sites is 1. The Morgan fingerprint density at radius 1 is 1.53 bits per heavy atom. The lowest BCUT2D eigenvalue weighted by Crippen LogP contribution is -2.07. The molecule has 1 rings (SSSR count). The van der Waals surface area contributed by atoms with Gasteiger partial charge in [0.05, 0.1) is 0 Å². The Kier molecular flexibility index (Phi) is 4.66. The number of nitrogens with two attached hydrogens (primary N) is 1. The van der Waals surface area contributed by atoms with E-state index in [1.807, 2.05) is 25.1 Å². The van der Waals surface area contributed by atoms with Gasteiger partial charge in [-0.2, -0.15) is 0 Å². The molecule has 0 radical (unpaired) electrons. The molecule has 0 saturated heterocycles. The molecule has 3 heteroatoms. The topological polar surface area (TPSA) is 35.2 Å². The van der Waals surface area contributed by atoms with Gasteiger partial charge in [0.25, 0.3) is 0 Å². The maximum atomic E-state index is 5.67. The fourth-order valence-electron chi connectivity index (χ4n) is 1.42. The minimum Gasteiger partial charge on any atom is -0.487 e. The first-order valence-corrected chi connectivity index (χ1v) is 5.27. The Hall–Kier alpha value is -0.990. The Bertz CT molecular complexity index is 349. The molecule has 0 aromatic heterocycles. The highest BCUT2D eigenvalue weighted by molar-refractivity contribution is 6.29. The van der Waals surface area contributed by atoms with Gasteiger partial charge in [0.1, 0.15) is 12.4 Å². The van der Waals surface area contributed by atoms with Gasteiger partial charge in [-0.1, -0.05) is 36.4 Å². The van der Waals surface area contributed by atoms with Crippen LogP contribution in [0.4, 0.5) is 0 Å². The van der Waals surface area contributed by atoms with Crippen molar-refractivity contribution in [1.29, 1.82) is 0 Å². The fourth-order valence-corrected chi connectivity index (χ4v) is 1.48. The average molecular weight is 226 g/mol. The predicted octanol–water partition coefficient (Wildman–Crippen LogP) is 2.63. The van der Waals surface area contributed by atoms with Crippen LogP contribution in [-0.4, -0.2) is 13.2 Å². The van der Waals surface area contributed by atoms with Gasteiger partial charge in [-0.3, -0.25) is 0 Å². The summed E-state index contributed by atoms with van der Waals surface area (Å²) in [5.41, 5.74) is 7.75. The molecule has 0 amide bonds. The molecule has 0 atom stereocenters. The molecule has 0 heterocycles. The van der Waals surface area contributed by atoms with Crippen LogP contribution in [0.15, 0.2) is 29.8 Å². The van der Waals surface area contributed by atoms with E-state index < -0.39 is 0 Å². The van der Waals surface area contributed by atoms with E-state index in [-0.39, 0.29) is 0 Å². The van der Waals surface area contributed by atoms with E-state index in [4.69, 9.17) is 22.1 Å². The standard InChI is InChI=1S/C12H16ClNO/c1-9-4-3-5-11(6-7-14)12(9)15-8-10(2)13/h3-5H,2,6-8,14H2,1H3. The Morgan fingerprint density at radius 3 is 2.87 bits per heavy atom. The first kappa shape index (κ1) is 12.1. The maximum Gasteiger partial charge on any atom is 0.125 e. The molecule has 2 N–H and O–H groups in total. The van der Waals surface area contributed by atoms with Crippen LogP contribution < -0.4 is 10.5 Å². The summed E-state index contributed by atoms with van der Waals surface area (Å²) in [6, 6.07) is 6.03. The van der Waals surface area contributed by atoms with Gasteiger partial charge in [-0.15, -0.1) is 0 Å². The zero-order chi connectivity index (χ0) is 11.3. The zero-order valence-corrected chi connectivity index (χ0v) is 9.68. The van der Waals surface area contributed by atoms with Gasteiger partial charge in [0.2, 0.25) is 0 Å². The molecule has 82 valence electrons. The molecule has 0 spiro atoms. The number of benzene rings is 1. The summed E-state index contributed by atoms with van der Waals surface area (Å²) < 4.78 is 5.59. The molecule has 0 aliphatic carbocycles. The highest BCUT2D eigenvalue weighted by Crippen LogP contribution is 2.24. The molecule has 15 heavy (non-hydrogen) atoms. The molecular formula is C12H16ClNO. The van der Waals surface area contributed by atoms with E-state index in [0.29, 0.717) is 18.2 Å². The quantitative estimate of drug-likeness (QED) is 0.836. The minimum absolute atomic E-state index is 0.337. The normalized spacial score (nSPS) is 10.1.